The Morgan fingerprint density at radius 3 is 2.41 bits per heavy atom. The molecular weight excluding hydrogens is 240 g/mol. The molecule has 0 radical (unpaired) electrons. The fraction of sp³-hybridized carbons (Fsp3) is 0.462. The summed E-state index contributed by atoms with van der Waals surface area (Å²) in [5.41, 5.74) is 0.603. The van der Waals surface area contributed by atoms with E-state index in [1.807, 2.05) is 6.92 Å². The predicted molar refractivity (Wildman–Crippen MR) is 67.7 cm³/mol. The molecule has 0 aromatic heterocycles. The number of ether oxygens (including phenoxy) is 2. The van der Waals surface area contributed by atoms with Crippen molar-refractivity contribution < 1.29 is 14.3 Å². The summed E-state index contributed by atoms with van der Waals surface area (Å²) >= 11 is 5.76. The lowest BCUT2D eigenvalue weighted by Gasteiger charge is -2.17. The number of Topliss-reactive ketones (excluding diaryl/α,β-unsaturated/α-hetero) is 1. The number of hydrogen-bond acceptors (Lipinski definition) is 3. The first-order chi connectivity index (χ1) is 8.04. The van der Waals surface area contributed by atoms with E-state index < -0.39 is 6.10 Å². The predicted octanol–water partition coefficient (Wildman–Crippen LogP) is 2.96. The normalized spacial score (nSPS) is 14.4. The molecule has 0 saturated carbocycles. The highest BCUT2D eigenvalue weighted by molar-refractivity contribution is 6.30. The highest BCUT2D eigenvalue weighted by Crippen LogP contribution is 2.13. The highest BCUT2D eigenvalue weighted by atomic mass is 35.5. The van der Waals surface area contributed by atoms with E-state index in [-0.39, 0.29) is 11.9 Å². The summed E-state index contributed by atoms with van der Waals surface area (Å²) in [4.78, 5) is 12.0. The maximum absolute atomic E-state index is 12.0. The number of methoxy groups -OCH3 is 1. The Kier molecular flexibility index (Phi) is 5.62. The average molecular weight is 257 g/mol. The monoisotopic (exact) mass is 256 g/mol. The zero-order valence-corrected chi connectivity index (χ0v) is 11.0. The third kappa shape index (κ3) is 4.46. The Labute approximate surface area is 107 Å². The molecule has 2 unspecified atom stereocenters. The molecule has 0 fully saturated rings. The van der Waals surface area contributed by atoms with E-state index in [2.05, 4.69) is 0 Å². The molecule has 0 amide bonds. The largest absolute Gasteiger partial charge is 0.382 e. The van der Waals surface area contributed by atoms with Gasteiger partial charge >= 0.3 is 0 Å². The van der Waals surface area contributed by atoms with Crippen LogP contribution >= 0.6 is 11.6 Å². The molecule has 1 aromatic rings. The minimum atomic E-state index is -0.485. The van der Waals surface area contributed by atoms with Gasteiger partial charge < -0.3 is 9.47 Å². The van der Waals surface area contributed by atoms with Gasteiger partial charge in [0.1, 0.15) is 6.10 Å². The van der Waals surface area contributed by atoms with Crippen molar-refractivity contribution in [3.63, 3.8) is 0 Å². The summed E-state index contributed by atoms with van der Waals surface area (Å²) in [6.45, 7) is 4.08. The minimum Gasteiger partial charge on any atom is -0.382 e. The van der Waals surface area contributed by atoms with Gasteiger partial charge in [-0.1, -0.05) is 11.6 Å². The summed E-state index contributed by atoms with van der Waals surface area (Å²) in [5, 5.41) is 0.614. The Bertz CT molecular complexity index is 361. The highest BCUT2D eigenvalue weighted by Gasteiger charge is 2.18. The number of ketones is 1. The van der Waals surface area contributed by atoms with Gasteiger partial charge in [0, 0.05) is 17.7 Å². The third-order valence-corrected chi connectivity index (χ3v) is 2.59. The molecule has 17 heavy (non-hydrogen) atoms. The smallest absolute Gasteiger partial charge is 0.191 e. The first-order valence-electron chi connectivity index (χ1n) is 5.48. The van der Waals surface area contributed by atoms with Crippen molar-refractivity contribution >= 4 is 17.4 Å². The Hall–Kier alpha value is -0.900. The zero-order valence-electron chi connectivity index (χ0n) is 10.3. The van der Waals surface area contributed by atoms with E-state index in [0.29, 0.717) is 17.2 Å². The number of benzene rings is 1. The van der Waals surface area contributed by atoms with Gasteiger partial charge in [0.15, 0.2) is 5.78 Å². The Morgan fingerprint density at radius 2 is 1.88 bits per heavy atom. The van der Waals surface area contributed by atoms with Crippen LogP contribution in [0, 0.1) is 0 Å². The molecule has 0 N–H and O–H groups in total. The van der Waals surface area contributed by atoms with Crippen LogP contribution in [0.5, 0.6) is 0 Å². The van der Waals surface area contributed by atoms with Crippen LogP contribution in [0.3, 0.4) is 0 Å². The van der Waals surface area contributed by atoms with Crippen LogP contribution in [0.25, 0.3) is 0 Å². The summed E-state index contributed by atoms with van der Waals surface area (Å²) < 4.78 is 10.5. The second-order valence-electron chi connectivity index (χ2n) is 3.92. The summed E-state index contributed by atoms with van der Waals surface area (Å²) in [6, 6.07) is 6.79. The molecule has 0 aliphatic rings. The van der Waals surface area contributed by atoms with Gasteiger partial charge in [-0.3, -0.25) is 4.79 Å². The van der Waals surface area contributed by atoms with Crippen molar-refractivity contribution in [1.82, 2.24) is 0 Å². The van der Waals surface area contributed by atoms with E-state index in [1.54, 1.807) is 38.3 Å². The first-order valence-corrected chi connectivity index (χ1v) is 5.86. The van der Waals surface area contributed by atoms with Crippen molar-refractivity contribution in [1.29, 1.82) is 0 Å². The van der Waals surface area contributed by atoms with E-state index >= 15 is 0 Å². The van der Waals surface area contributed by atoms with Crippen molar-refractivity contribution in [3.05, 3.63) is 34.9 Å². The number of carbonyl (C=O) groups is 1. The van der Waals surface area contributed by atoms with Crippen LogP contribution in [0.1, 0.15) is 24.2 Å². The quantitative estimate of drug-likeness (QED) is 0.734. The van der Waals surface area contributed by atoms with Crippen LogP contribution < -0.4 is 0 Å². The van der Waals surface area contributed by atoms with Crippen molar-refractivity contribution in [2.24, 2.45) is 0 Å². The SMILES string of the molecule is COCC(C)OC(C)C(=O)c1ccc(Cl)cc1. The van der Waals surface area contributed by atoms with Gasteiger partial charge in [-0.15, -0.1) is 0 Å². The van der Waals surface area contributed by atoms with Gasteiger partial charge in [0.2, 0.25) is 0 Å². The van der Waals surface area contributed by atoms with Gasteiger partial charge in [-0.2, -0.15) is 0 Å². The lowest BCUT2D eigenvalue weighted by atomic mass is 10.1. The van der Waals surface area contributed by atoms with E-state index in [0.717, 1.165) is 0 Å². The Balaban J connectivity index is 2.60. The minimum absolute atomic E-state index is 0.0513. The van der Waals surface area contributed by atoms with Gasteiger partial charge in [0.25, 0.3) is 0 Å². The molecular formula is C13H17ClO3. The molecule has 0 spiro atoms. The molecule has 4 heteroatoms. The molecule has 0 saturated heterocycles. The number of rotatable bonds is 6. The van der Waals surface area contributed by atoms with Crippen molar-refractivity contribution in [3.8, 4) is 0 Å². The van der Waals surface area contributed by atoms with E-state index in [4.69, 9.17) is 21.1 Å². The standard InChI is InChI=1S/C13H17ClO3/c1-9(8-16-3)17-10(2)13(15)11-4-6-12(14)7-5-11/h4-7,9-10H,8H2,1-3H3. The topological polar surface area (TPSA) is 35.5 Å². The van der Waals surface area contributed by atoms with Crippen LogP contribution in [-0.2, 0) is 9.47 Å². The second-order valence-corrected chi connectivity index (χ2v) is 4.35. The molecule has 0 heterocycles. The fourth-order valence-electron chi connectivity index (χ4n) is 1.53. The van der Waals surface area contributed by atoms with Crippen LogP contribution in [0.2, 0.25) is 5.02 Å². The van der Waals surface area contributed by atoms with Crippen LogP contribution in [0.4, 0.5) is 0 Å². The second kappa shape index (κ2) is 6.74. The zero-order chi connectivity index (χ0) is 12.8. The van der Waals surface area contributed by atoms with Crippen LogP contribution in [-0.4, -0.2) is 31.7 Å². The van der Waals surface area contributed by atoms with Crippen molar-refractivity contribution in [2.75, 3.05) is 13.7 Å². The van der Waals surface area contributed by atoms with E-state index in [1.165, 1.54) is 0 Å². The molecule has 2 atom stereocenters. The van der Waals surface area contributed by atoms with E-state index in [9.17, 15) is 4.79 Å². The Morgan fingerprint density at radius 1 is 1.29 bits per heavy atom. The number of halogens is 1. The number of carbonyl (C=O) groups excluding carboxylic acids is 1. The lowest BCUT2D eigenvalue weighted by Crippen LogP contribution is -2.27. The molecule has 1 aromatic carbocycles. The van der Waals surface area contributed by atoms with Gasteiger partial charge in [-0.25, -0.2) is 0 Å². The molecule has 1 rings (SSSR count). The fourth-order valence-corrected chi connectivity index (χ4v) is 1.66. The molecule has 0 aliphatic carbocycles. The maximum Gasteiger partial charge on any atom is 0.191 e. The van der Waals surface area contributed by atoms with Crippen molar-refractivity contribution in [2.45, 2.75) is 26.1 Å². The first kappa shape index (κ1) is 14.2. The third-order valence-electron chi connectivity index (χ3n) is 2.34. The van der Waals surface area contributed by atoms with Gasteiger partial charge in [-0.05, 0) is 38.1 Å². The molecule has 3 nitrogen and oxygen atoms in total. The summed E-state index contributed by atoms with van der Waals surface area (Å²) in [7, 11) is 1.60. The summed E-state index contributed by atoms with van der Waals surface area (Å²) in [6.07, 6.45) is -0.590. The number of hydrogen-bond donors (Lipinski definition) is 0. The summed E-state index contributed by atoms with van der Waals surface area (Å²) in [5.74, 6) is -0.0513. The van der Waals surface area contributed by atoms with Gasteiger partial charge in [0.05, 0.1) is 12.7 Å². The lowest BCUT2D eigenvalue weighted by molar-refractivity contribution is -0.0214. The average Bonchev–Trinajstić information content (AvgIpc) is 2.29. The molecule has 94 valence electrons. The molecule has 0 aliphatic heterocycles. The maximum atomic E-state index is 12.0. The molecule has 0 bridgehead atoms. The van der Waals surface area contributed by atoms with Crippen LogP contribution in [0.15, 0.2) is 24.3 Å².